The summed E-state index contributed by atoms with van der Waals surface area (Å²) in [5, 5.41) is 16.0. The molecule has 0 heterocycles. The lowest BCUT2D eigenvalue weighted by Gasteiger charge is -2.15. The summed E-state index contributed by atoms with van der Waals surface area (Å²) in [5.74, 6) is 1.03. The fraction of sp³-hybridized carbons (Fsp3) is 0.160. The molecular weight excluding hydrogens is 564 g/mol. The average Bonchev–Trinajstić information content (AvgIpc) is 2.81. The molecule has 0 aromatic heterocycles. The van der Waals surface area contributed by atoms with Gasteiger partial charge in [0.1, 0.15) is 6.61 Å². The van der Waals surface area contributed by atoms with Crippen molar-refractivity contribution >= 4 is 49.8 Å². The Morgan fingerprint density at radius 1 is 1.12 bits per heavy atom. The van der Waals surface area contributed by atoms with Crippen LogP contribution in [0.25, 0.3) is 0 Å². The van der Waals surface area contributed by atoms with Gasteiger partial charge in [-0.2, -0.15) is 10.4 Å². The van der Waals surface area contributed by atoms with Crippen LogP contribution in [0.5, 0.6) is 11.5 Å². The molecule has 0 aliphatic carbocycles. The van der Waals surface area contributed by atoms with Crippen molar-refractivity contribution in [2.75, 3.05) is 11.9 Å². The van der Waals surface area contributed by atoms with E-state index in [-0.39, 0.29) is 6.61 Å². The van der Waals surface area contributed by atoms with Gasteiger partial charge in [-0.15, -0.1) is 0 Å². The van der Waals surface area contributed by atoms with Gasteiger partial charge in [0.2, 0.25) is 0 Å². The number of nitrogens with one attached hydrogen (secondary N) is 2. The molecule has 0 radical (unpaired) electrons. The second-order valence-electron chi connectivity index (χ2n) is 7.11. The molecule has 0 saturated carbocycles. The summed E-state index contributed by atoms with van der Waals surface area (Å²) < 4.78 is 13.3. The highest BCUT2D eigenvalue weighted by atomic mass is 79.9. The van der Waals surface area contributed by atoms with E-state index in [1.165, 1.54) is 6.21 Å². The van der Waals surface area contributed by atoms with Gasteiger partial charge >= 0.3 is 6.03 Å². The van der Waals surface area contributed by atoms with Crippen LogP contribution in [0.1, 0.15) is 29.2 Å². The molecule has 0 aliphatic heterocycles. The molecule has 7 nitrogen and oxygen atoms in total. The molecule has 9 heteroatoms. The Morgan fingerprint density at radius 3 is 2.65 bits per heavy atom. The van der Waals surface area contributed by atoms with Gasteiger partial charge in [-0.25, -0.2) is 10.2 Å². The first kappa shape index (κ1) is 25.3. The first-order valence-electron chi connectivity index (χ1n) is 10.3. The molecule has 34 heavy (non-hydrogen) atoms. The Hall–Kier alpha value is -3.35. The minimum atomic E-state index is -0.460. The molecule has 2 amide bonds. The Bertz CT molecular complexity index is 1260. The van der Waals surface area contributed by atoms with Gasteiger partial charge in [0.25, 0.3) is 0 Å². The topological polar surface area (TPSA) is 95.7 Å². The molecular formula is C25H22Br2N4O3. The highest BCUT2D eigenvalue weighted by molar-refractivity contribution is 9.10. The lowest BCUT2D eigenvalue weighted by atomic mass is 10.1. The number of nitrogens with zero attached hydrogens (tertiary/aromatic N) is 2. The van der Waals surface area contributed by atoms with E-state index in [1.807, 2.05) is 44.2 Å². The highest BCUT2D eigenvalue weighted by Gasteiger charge is 2.13. The smallest absolute Gasteiger partial charge is 0.339 e. The lowest BCUT2D eigenvalue weighted by molar-refractivity contribution is 0.252. The molecule has 0 atom stereocenters. The number of benzene rings is 3. The largest absolute Gasteiger partial charge is 0.490 e. The number of anilines is 1. The molecule has 3 rings (SSSR count). The molecule has 0 unspecified atom stereocenters. The van der Waals surface area contributed by atoms with Crippen LogP contribution >= 0.6 is 31.9 Å². The lowest BCUT2D eigenvalue weighted by Crippen LogP contribution is -2.24. The summed E-state index contributed by atoms with van der Waals surface area (Å²) in [6, 6.07) is 18.0. The number of ether oxygens (including phenoxy) is 2. The van der Waals surface area contributed by atoms with E-state index in [1.54, 1.807) is 24.3 Å². The number of urea groups is 1. The summed E-state index contributed by atoms with van der Waals surface area (Å²) in [6.07, 6.45) is 1.51. The number of carbonyl (C=O) groups is 1. The van der Waals surface area contributed by atoms with Crippen LogP contribution in [-0.2, 0) is 6.61 Å². The van der Waals surface area contributed by atoms with Crippen molar-refractivity contribution in [2.24, 2.45) is 5.10 Å². The molecule has 3 aromatic carbocycles. The van der Waals surface area contributed by atoms with Crippen molar-refractivity contribution in [1.82, 2.24) is 5.43 Å². The van der Waals surface area contributed by atoms with E-state index in [9.17, 15) is 10.1 Å². The molecule has 0 spiro atoms. The Kier molecular flexibility index (Phi) is 9.08. The normalized spacial score (nSPS) is 10.6. The third-order valence-electron chi connectivity index (χ3n) is 4.64. The van der Waals surface area contributed by atoms with Crippen LogP contribution in [0.3, 0.4) is 0 Å². The second-order valence-corrected chi connectivity index (χ2v) is 8.82. The standard InChI is InChI=1S/C25H22Br2N4O3/c1-3-33-23-12-17(14-29-31-25(32)30-20-8-9-21(26)16(2)10-20)11-22(27)24(23)34-15-19-7-5-4-6-18(19)13-28/h4-12,14H,3,15H2,1-2H3,(H2,30,31,32)/b29-14+. The molecule has 2 N–H and O–H groups in total. The number of hydrogen-bond donors (Lipinski definition) is 2. The van der Waals surface area contributed by atoms with E-state index in [2.05, 4.69) is 53.8 Å². The maximum absolute atomic E-state index is 12.1. The number of rotatable bonds is 8. The van der Waals surface area contributed by atoms with Crippen molar-refractivity contribution < 1.29 is 14.3 Å². The Balaban J connectivity index is 1.69. The van der Waals surface area contributed by atoms with Crippen LogP contribution in [0.2, 0.25) is 0 Å². The van der Waals surface area contributed by atoms with Crippen molar-refractivity contribution in [3.05, 3.63) is 85.8 Å². The molecule has 0 bridgehead atoms. The zero-order chi connectivity index (χ0) is 24.5. The molecule has 0 saturated heterocycles. The summed E-state index contributed by atoms with van der Waals surface area (Å²) >= 11 is 6.95. The van der Waals surface area contributed by atoms with Crippen LogP contribution in [0, 0.1) is 18.3 Å². The van der Waals surface area contributed by atoms with E-state index >= 15 is 0 Å². The predicted molar refractivity (Wildman–Crippen MR) is 139 cm³/mol. The van der Waals surface area contributed by atoms with Crippen molar-refractivity contribution in [1.29, 1.82) is 5.26 Å². The van der Waals surface area contributed by atoms with Gasteiger partial charge in [-0.1, -0.05) is 34.1 Å². The molecule has 0 aliphatic rings. The fourth-order valence-corrected chi connectivity index (χ4v) is 3.84. The van der Waals surface area contributed by atoms with Crippen LogP contribution < -0.4 is 20.2 Å². The Labute approximate surface area is 215 Å². The average molecular weight is 586 g/mol. The SMILES string of the molecule is CCOc1cc(/C=N/NC(=O)Nc2ccc(Br)c(C)c2)cc(Br)c1OCc1ccccc1C#N. The monoisotopic (exact) mass is 584 g/mol. The zero-order valence-corrected chi connectivity index (χ0v) is 21.7. The molecule has 174 valence electrons. The van der Waals surface area contributed by atoms with Crippen molar-refractivity contribution in [3.63, 3.8) is 0 Å². The number of halogens is 2. The fourth-order valence-electron chi connectivity index (χ4n) is 3.02. The number of nitriles is 1. The van der Waals surface area contributed by atoms with Crippen LogP contribution in [-0.4, -0.2) is 18.9 Å². The number of hydrogen-bond acceptors (Lipinski definition) is 5. The van der Waals surface area contributed by atoms with Gasteiger partial charge in [0.05, 0.1) is 28.9 Å². The highest BCUT2D eigenvalue weighted by Crippen LogP contribution is 2.37. The first-order chi connectivity index (χ1) is 16.4. The number of hydrazone groups is 1. The number of carbonyl (C=O) groups excluding carboxylic acids is 1. The van der Waals surface area contributed by atoms with Gasteiger partial charge in [0.15, 0.2) is 11.5 Å². The molecule has 0 fully saturated rings. The third-order valence-corrected chi connectivity index (χ3v) is 6.12. The quantitative estimate of drug-likeness (QED) is 0.232. The maximum atomic E-state index is 12.1. The van der Waals surface area contributed by atoms with Crippen LogP contribution in [0.4, 0.5) is 10.5 Å². The minimum absolute atomic E-state index is 0.215. The van der Waals surface area contributed by atoms with Gasteiger partial charge in [0, 0.05) is 15.7 Å². The van der Waals surface area contributed by atoms with Gasteiger partial charge in [-0.05, 0) is 77.3 Å². The summed E-state index contributed by atoms with van der Waals surface area (Å²) in [4.78, 5) is 12.1. The van der Waals surface area contributed by atoms with E-state index in [0.29, 0.717) is 39.4 Å². The van der Waals surface area contributed by atoms with Crippen molar-refractivity contribution in [2.45, 2.75) is 20.5 Å². The summed E-state index contributed by atoms with van der Waals surface area (Å²) in [7, 11) is 0. The maximum Gasteiger partial charge on any atom is 0.339 e. The van der Waals surface area contributed by atoms with Crippen LogP contribution in [0.15, 0.2) is 68.6 Å². The number of amides is 2. The van der Waals surface area contributed by atoms with E-state index < -0.39 is 6.03 Å². The van der Waals surface area contributed by atoms with E-state index in [0.717, 1.165) is 15.6 Å². The van der Waals surface area contributed by atoms with Gasteiger partial charge < -0.3 is 14.8 Å². The van der Waals surface area contributed by atoms with Crippen molar-refractivity contribution in [3.8, 4) is 17.6 Å². The Morgan fingerprint density at radius 2 is 1.91 bits per heavy atom. The van der Waals surface area contributed by atoms with Gasteiger partial charge in [-0.3, -0.25) is 0 Å². The number of aryl methyl sites for hydroxylation is 1. The summed E-state index contributed by atoms with van der Waals surface area (Å²) in [5.41, 5.74) is 6.15. The first-order valence-corrected chi connectivity index (χ1v) is 11.9. The zero-order valence-electron chi connectivity index (χ0n) is 18.6. The minimum Gasteiger partial charge on any atom is -0.490 e. The second kappa shape index (κ2) is 12.2. The summed E-state index contributed by atoms with van der Waals surface area (Å²) in [6.45, 7) is 4.46. The predicted octanol–water partition coefficient (Wildman–Crippen LogP) is 6.53. The molecule has 3 aromatic rings. The third kappa shape index (κ3) is 6.83. The van der Waals surface area contributed by atoms with E-state index in [4.69, 9.17) is 9.47 Å².